The predicted molar refractivity (Wildman–Crippen MR) is 39.9 cm³/mol. The SMILES string of the molecule is CC(C)=CCN1C=C1C. The summed E-state index contributed by atoms with van der Waals surface area (Å²) in [7, 11) is 0. The minimum atomic E-state index is 1.06. The van der Waals surface area contributed by atoms with Crippen LogP contribution in [0.2, 0.25) is 0 Å². The molecule has 0 atom stereocenters. The van der Waals surface area contributed by atoms with Gasteiger partial charge in [0.15, 0.2) is 0 Å². The molecule has 0 bridgehead atoms. The lowest BCUT2D eigenvalue weighted by atomic mass is 10.3. The topological polar surface area (TPSA) is 3.01 Å². The molecule has 1 rings (SSSR count). The van der Waals surface area contributed by atoms with E-state index in [1.165, 1.54) is 11.3 Å². The first kappa shape index (κ1) is 6.40. The minimum Gasteiger partial charge on any atom is -0.345 e. The smallest absolute Gasteiger partial charge is 0.0406 e. The first-order chi connectivity index (χ1) is 4.20. The molecule has 50 valence electrons. The van der Waals surface area contributed by atoms with Crippen molar-refractivity contribution < 1.29 is 0 Å². The molecule has 0 saturated heterocycles. The Balaban J connectivity index is 2.16. The summed E-state index contributed by atoms with van der Waals surface area (Å²) in [5.41, 5.74) is 2.79. The Morgan fingerprint density at radius 2 is 2.22 bits per heavy atom. The van der Waals surface area contributed by atoms with Gasteiger partial charge in [0.25, 0.3) is 0 Å². The van der Waals surface area contributed by atoms with E-state index in [-0.39, 0.29) is 0 Å². The van der Waals surface area contributed by atoms with Crippen LogP contribution in [0.1, 0.15) is 20.8 Å². The van der Waals surface area contributed by atoms with Crippen molar-refractivity contribution in [3.8, 4) is 0 Å². The molecule has 0 N–H and O–H groups in total. The van der Waals surface area contributed by atoms with Crippen molar-refractivity contribution in [2.45, 2.75) is 20.8 Å². The lowest BCUT2D eigenvalue weighted by Crippen LogP contribution is -1.96. The highest BCUT2D eigenvalue weighted by Crippen LogP contribution is 2.18. The number of rotatable bonds is 2. The summed E-state index contributed by atoms with van der Waals surface area (Å²) in [6.45, 7) is 7.44. The highest BCUT2D eigenvalue weighted by molar-refractivity contribution is 5.18. The van der Waals surface area contributed by atoms with Crippen molar-refractivity contribution in [3.63, 3.8) is 0 Å². The summed E-state index contributed by atoms with van der Waals surface area (Å²) in [6, 6.07) is 0. The molecule has 0 aliphatic carbocycles. The molecule has 1 aliphatic rings. The maximum absolute atomic E-state index is 2.23. The second-order valence-electron chi connectivity index (χ2n) is 2.70. The number of allylic oxidation sites excluding steroid dienone is 2. The fourth-order valence-electron chi connectivity index (χ4n) is 0.674. The molecule has 0 aromatic rings. The van der Waals surface area contributed by atoms with Crippen molar-refractivity contribution in [1.82, 2.24) is 4.90 Å². The number of hydrogen-bond donors (Lipinski definition) is 0. The van der Waals surface area contributed by atoms with Crippen LogP contribution in [-0.4, -0.2) is 11.4 Å². The van der Waals surface area contributed by atoms with E-state index in [0.717, 1.165) is 6.54 Å². The van der Waals surface area contributed by atoms with Crippen LogP contribution in [0.5, 0.6) is 0 Å². The largest absolute Gasteiger partial charge is 0.345 e. The number of nitrogens with zero attached hydrogens (tertiary/aromatic N) is 1. The quantitative estimate of drug-likeness (QED) is 0.508. The van der Waals surface area contributed by atoms with Gasteiger partial charge in [0.05, 0.1) is 0 Å². The molecular weight excluding hydrogens is 110 g/mol. The molecule has 0 radical (unpaired) electrons. The third-order valence-corrected chi connectivity index (χ3v) is 1.42. The van der Waals surface area contributed by atoms with Crippen molar-refractivity contribution in [3.05, 3.63) is 23.5 Å². The molecule has 0 saturated carbocycles. The lowest BCUT2D eigenvalue weighted by molar-refractivity contribution is 0.646. The Kier molecular flexibility index (Phi) is 1.60. The summed E-state index contributed by atoms with van der Waals surface area (Å²) < 4.78 is 0. The molecule has 0 fully saturated rings. The van der Waals surface area contributed by atoms with Gasteiger partial charge >= 0.3 is 0 Å². The highest BCUT2D eigenvalue weighted by atomic mass is 15.2. The Hall–Kier alpha value is -0.720. The molecule has 0 amide bonds. The van der Waals surface area contributed by atoms with Gasteiger partial charge in [0, 0.05) is 18.4 Å². The van der Waals surface area contributed by atoms with Gasteiger partial charge in [-0.3, -0.25) is 0 Å². The molecule has 1 aliphatic heterocycles. The summed E-state index contributed by atoms with van der Waals surface area (Å²) >= 11 is 0. The molecular formula is C8H13N. The fraction of sp³-hybridized carbons (Fsp3) is 0.500. The van der Waals surface area contributed by atoms with Crippen LogP contribution in [0, 0.1) is 0 Å². The van der Waals surface area contributed by atoms with Gasteiger partial charge in [-0.2, -0.15) is 0 Å². The average molecular weight is 123 g/mol. The van der Waals surface area contributed by atoms with Crippen molar-refractivity contribution in [2.24, 2.45) is 0 Å². The van der Waals surface area contributed by atoms with Crippen LogP contribution in [0.15, 0.2) is 23.5 Å². The maximum atomic E-state index is 2.23. The third kappa shape index (κ3) is 1.92. The summed E-state index contributed by atoms with van der Waals surface area (Å²) in [6.07, 6.45) is 4.38. The predicted octanol–water partition coefficient (Wildman–Crippen LogP) is 2.13. The highest BCUT2D eigenvalue weighted by Gasteiger charge is 2.11. The van der Waals surface area contributed by atoms with Crippen LogP contribution in [0.3, 0.4) is 0 Å². The zero-order valence-electron chi connectivity index (χ0n) is 6.31. The van der Waals surface area contributed by atoms with Gasteiger partial charge < -0.3 is 4.90 Å². The van der Waals surface area contributed by atoms with Gasteiger partial charge in [0.1, 0.15) is 0 Å². The van der Waals surface area contributed by atoms with Gasteiger partial charge in [-0.15, -0.1) is 0 Å². The van der Waals surface area contributed by atoms with Gasteiger partial charge in [-0.1, -0.05) is 11.6 Å². The molecule has 0 spiro atoms. The van der Waals surface area contributed by atoms with Crippen LogP contribution < -0.4 is 0 Å². The average Bonchev–Trinajstić information content (AvgIpc) is 2.42. The van der Waals surface area contributed by atoms with Crippen LogP contribution in [0.4, 0.5) is 0 Å². The second kappa shape index (κ2) is 2.26. The van der Waals surface area contributed by atoms with Crippen molar-refractivity contribution in [2.75, 3.05) is 6.54 Å². The molecule has 0 aromatic heterocycles. The fourth-order valence-corrected chi connectivity index (χ4v) is 0.674. The Morgan fingerprint density at radius 1 is 1.67 bits per heavy atom. The summed E-state index contributed by atoms with van der Waals surface area (Å²) in [4.78, 5) is 2.23. The summed E-state index contributed by atoms with van der Waals surface area (Å²) in [5, 5.41) is 0. The third-order valence-electron chi connectivity index (χ3n) is 1.42. The van der Waals surface area contributed by atoms with Crippen LogP contribution in [-0.2, 0) is 0 Å². The molecule has 1 heteroatoms. The zero-order chi connectivity index (χ0) is 6.85. The van der Waals surface area contributed by atoms with Gasteiger partial charge in [0.2, 0.25) is 0 Å². The van der Waals surface area contributed by atoms with Crippen molar-refractivity contribution in [1.29, 1.82) is 0 Å². The lowest BCUT2D eigenvalue weighted by Gasteiger charge is -1.97. The second-order valence-corrected chi connectivity index (χ2v) is 2.70. The van der Waals surface area contributed by atoms with Crippen molar-refractivity contribution >= 4 is 0 Å². The van der Waals surface area contributed by atoms with E-state index in [0.29, 0.717) is 0 Å². The van der Waals surface area contributed by atoms with Crippen LogP contribution in [0.25, 0.3) is 0 Å². The normalized spacial score (nSPS) is 15.0. The van der Waals surface area contributed by atoms with E-state index in [4.69, 9.17) is 0 Å². The number of hydrogen-bond acceptors (Lipinski definition) is 1. The molecule has 0 aromatic carbocycles. The van der Waals surface area contributed by atoms with E-state index in [1.807, 2.05) is 0 Å². The monoisotopic (exact) mass is 123 g/mol. The Bertz CT molecular complexity index is 161. The molecule has 1 heterocycles. The molecule has 0 unspecified atom stereocenters. The van der Waals surface area contributed by atoms with E-state index in [1.54, 1.807) is 0 Å². The van der Waals surface area contributed by atoms with E-state index < -0.39 is 0 Å². The van der Waals surface area contributed by atoms with E-state index >= 15 is 0 Å². The standard InChI is InChI=1S/C8H13N/c1-7(2)4-5-9-6-8(9)3/h4,6H,5H2,1-3H3. The summed E-state index contributed by atoms with van der Waals surface area (Å²) in [5.74, 6) is 0. The first-order valence-corrected chi connectivity index (χ1v) is 3.28. The van der Waals surface area contributed by atoms with E-state index in [9.17, 15) is 0 Å². The minimum absolute atomic E-state index is 1.06. The maximum Gasteiger partial charge on any atom is 0.0406 e. The Morgan fingerprint density at radius 3 is 2.56 bits per heavy atom. The first-order valence-electron chi connectivity index (χ1n) is 3.28. The van der Waals surface area contributed by atoms with Gasteiger partial charge in [-0.05, 0) is 20.8 Å². The van der Waals surface area contributed by atoms with E-state index in [2.05, 4.69) is 37.9 Å². The molecule has 9 heavy (non-hydrogen) atoms. The zero-order valence-corrected chi connectivity index (χ0v) is 6.31. The molecule has 1 nitrogen and oxygen atoms in total. The van der Waals surface area contributed by atoms with Crippen LogP contribution >= 0.6 is 0 Å². The van der Waals surface area contributed by atoms with Gasteiger partial charge in [-0.25, -0.2) is 0 Å². The Labute approximate surface area is 56.7 Å².